The number of halogens is 1. The monoisotopic (exact) mass is 322 g/mol. The highest BCUT2D eigenvalue weighted by Gasteiger charge is 2.23. The molecule has 0 aliphatic carbocycles. The van der Waals surface area contributed by atoms with E-state index in [2.05, 4.69) is 25.5 Å². The van der Waals surface area contributed by atoms with Crippen molar-refractivity contribution in [2.45, 2.75) is 42.3 Å². The molecule has 0 bridgehead atoms. The Hall–Kier alpha value is -1.54. The number of aryl methyl sites for hydroxylation is 1. The fourth-order valence-electron chi connectivity index (χ4n) is 2.63. The van der Waals surface area contributed by atoms with Crippen LogP contribution in [0.3, 0.4) is 0 Å². The van der Waals surface area contributed by atoms with Gasteiger partial charge in [0.1, 0.15) is 17.2 Å². The molecule has 1 fully saturated rings. The zero-order valence-corrected chi connectivity index (χ0v) is 13.5. The Morgan fingerprint density at radius 1 is 1.41 bits per heavy atom. The number of hydrogen-bond acceptors (Lipinski definition) is 6. The highest BCUT2D eigenvalue weighted by molar-refractivity contribution is 7.99. The molecule has 1 aliphatic heterocycles. The molecule has 2 aromatic heterocycles. The molecule has 1 saturated heterocycles. The van der Waals surface area contributed by atoms with Crippen LogP contribution >= 0.6 is 11.8 Å². The molecule has 1 aliphatic rings. The molecule has 1 atom stereocenters. The van der Waals surface area contributed by atoms with Crippen molar-refractivity contribution in [3.05, 3.63) is 23.7 Å². The van der Waals surface area contributed by atoms with Crippen LogP contribution in [-0.2, 0) is 13.5 Å². The predicted octanol–water partition coefficient (Wildman–Crippen LogP) is 1.92. The van der Waals surface area contributed by atoms with Crippen molar-refractivity contribution < 1.29 is 4.39 Å². The molecule has 0 radical (unpaired) electrons. The number of piperidine rings is 1. The van der Waals surface area contributed by atoms with E-state index in [4.69, 9.17) is 0 Å². The second-order valence-corrected chi connectivity index (χ2v) is 6.29. The van der Waals surface area contributed by atoms with Crippen molar-refractivity contribution >= 4 is 11.8 Å². The lowest BCUT2D eigenvalue weighted by atomic mass is 9.99. The third-order valence-corrected chi connectivity index (χ3v) is 4.90. The number of rotatable bonds is 4. The number of nitrogens with zero attached hydrogens (tertiary/aromatic N) is 5. The standard InChI is InChI=1S/C14H19FN6S/c1-3-10-11(15)13(18-8-17-10)22-14-20-19-12(21(14)2)9-5-4-6-16-7-9/h8-9,16H,3-7H2,1-2H3/t9-/m1/s1. The zero-order chi connectivity index (χ0) is 15.5. The van der Waals surface area contributed by atoms with Crippen LogP contribution in [0, 0.1) is 5.82 Å². The summed E-state index contributed by atoms with van der Waals surface area (Å²) in [6, 6.07) is 0. The van der Waals surface area contributed by atoms with Crippen LogP contribution in [0.1, 0.15) is 37.2 Å². The molecular formula is C14H19FN6S. The van der Waals surface area contributed by atoms with Gasteiger partial charge in [0.2, 0.25) is 0 Å². The molecular weight excluding hydrogens is 303 g/mol. The molecule has 3 heterocycles. The number of hydrogen-bond donors (Lipinski definition) is 1. The normalized spacial score (nSPS) is 18.6. The van der Waals surface area contributed by atoms with Gasteiger partial charge in [0.25, 0.3) is 0 Å². The average molecular weight is 322 g/mol. The highest BCUT2D eigenvalue weighted by Crippen LogP contribution is 2.30. The molecule has 6 nitrogen and oxygen atoms in total. The SMILES string of the molecule is CCc1ncnc(Sc2nnc([C@@H]3CCCNC3)n2C)c1F. The predicted molar refractivity (Wildman–Crippen MR) is 81.3 cm³/mol. The summed E-state index contributed by atoms with van der Waals surface area (Å²) >= 11 is 1.20. The maximum absolute atomic E-state index is 14.2. The summed E-state index contributed by atoms with van der Waals surface area (Å²) in [5.74, 6) is 0.945. The van der Waals surface area contributed by atoms with Crippen LogP contribution in [0.2, 0.25) is 0 Å². The fraction of sp³-hybridized carbons (Fsp3) is 0.571. The van der Waals surface area contributed by atoms with Crippen molar-refractivity contribution in [3.8, 4) is 0 Å². The Balaban J connectivity index is 1.83. The first-order valence-corrected chi connectivity index (χ1v) is 8.29. The van der Waals surface area contributed by atoms with E-state index in [9.17, 15) is 4.39 Å². The third kappa shape index (κ3) is 2.98. The Labute approximate surface area is 133 Å². The largest absolute Gasteiger partial charge is 0.316 e. The summed E-state index contributed by atoms with van der Waals surface area (Å²) in [6.07, 6.45) is 4.18. The molecule has 1 N–H and O–H groups in total. The van der Waals surface area contributed by atoms with Crippen LogP contribution in [0.4, 0.5) is 4.39 Å². The number of nitrogens with one attached hydrogen (secondary N) is 1. The summed E-state index contributed by atoms with van der Waals surface area (Å²) in [5.41, 5.74) is 0.427. The molecule has 0 saturated carbocycles. The molecule has 8 heteroatoms. The van der Waals surface area contributed by atoms with Crippen molar-refractivity contribution in [1.29, 1.82) is 0 Å². The maximum atomic E-state index is 14.2. The molecule has 118 valence electrons. The van der Waals surface area contributed by atoms with E-state index in [0.717, 1.165) is 31.8 Å². The Bertz CT molecular complexity index is 653. The molecule has 0 aromatic carbocycles. The van der Waals surface area contributed by atoms with Gasteiger partial charge in [0, 0.05) is 19.5 Å². The minimum absolute atomic E-state index is 0.302. The van der Waals surface area contributed by atoms with Gasteiger partial charge in [-0.05, 0) is 37.6 Å². The summed E-state index contributed by atoms with van der Waals surface area (Å²) < 4.78 is 16.2. The van der Waals surface area contributed by atoms with Gasteiger partial charge in [-0.1, -0.05) is 6.92 Å². The maximum Gasteiger partial charge on any atom is 0.197 e. The molecule has 2 aromatic rings. The van der Waals surface area contributed by atoms with Crippen molar-refractivity contribution in [2.75, 3.05) is 13.1 Å². The Morgan fingerprint density at radius 3 is 3.00 bits per heavy atom. The minimum atomic E-state index is -0.362. The lowest BCUT2D eigenvalue weighted by Crippen LogP contribution is -2.29. The van der Waals surface area contributed by atoms with E-state index in [-0.39, 0.29) is 5.82 Å². The summed E-state index contributed by atoms with van der Waals surface area (Å²) in [4.78, 5) is 7.98. The van der Waals surface area contributed by atoms with E-state index in [1.165, 1.54) is 18.1 Å². The average Bonchev–Trinajstić information content (AvgIpc) is 2.91. The zero-order valence-electron chi connectivity index (χ0n) is 12.7. The minimum Gasteiger partial charge on any atom is -0.316 e. The third-order valence-electron chi connectivity index (χ3n) is 3.88. The van der Waals surface area contributed by atoms with E-state index in [1.54, 1.807) is 0 Å². The van der Waals surface area contributed by atoms with Crippen LogP contribution in [0.15, 0.2) is 16.5 Å². The van der Waals surface area contributed by atoms with Crippen LogP contribution in [0.5, 0.6) is 0 Å². The van der Waals surface area contributed by atoms with E-state index in [1.807, 2.05) is 18.5 Å². The smallest absolute Gasteiger partial charge is 0.197 e. The van der Waals surface area contributed by atoms with Crippen molar-refractivity contribution in [2.24, 2.45) is 7.05 Å². The molecule has 0 unspecified atom stereocenters. The Morgan fingerprint density at radius 2 is 2.27 bits per heavy atom. The summed E-state index contributed by atoms with van der Waals surface area (Å²) in [6.45, 7) is 3.84. The topological polar surface area (TPSA) is 68.5 Å². The van der Waals surface area contributed by atoms with Gasteiger partial charge in [-0.3, -0.25) is 0 Å². The lowest BCUT2D eigenvalue weighted by molar-refractivity contribution is 0.436. The molecule has 0 spiro atoms. The molecule has 3 rings (SSSR count). The van der Waals surface area contributed by atoms with E-state index < -0.39 is 0 Å². The van der Waals surface area contributed by atoms with Crippen molar-refractivity contribution in [3.63, 3.8) is 0 Å². The van der Waals surface area contributed by atoms with Crippen LogP contribution in [0.25, 0.3) is 0 Å². The van der Waals surface area contributed by atoms with Gasteiger partial charge in [-0.15, -0.1) is 10.2 Å². The van der Waals surface area contributed by atoms with Gasteiger partial charge >= 0.3 is 0 Å². The van der Waals surface area contributed by atoms with E-state index >= 15 is 0 Å². The fourth-order valence-corrected chi connectivity index (χ4v) is 3.43. The van der Waals surface area contributed by atoms with E-state index in [0.29, 0.717) is 28.2 Å². The lowest BCUT2D eigenvalue weighted by Gasteiger charge is -2.21. The Kier molecular flexibility index (Phi) is 4.68. The summed E-state index contributed by atoms with van der Waals surface area (Å²) in [5, 5.41) is 12.8. The van der Waals surface area contributed by atoms with Gasteiger partial charge in [0.05, 0.1) is 5.69 Å². The number of aromatic nitrogens is 5. The van der Waals surface area contributed by atoms with Gasteiger partial charge in [-0.2, -0.15) is 0 Å². The molecule has 22 heavy (non-hydrogen) atoms. The second-order valence-electron chi connectivity index (χ2n) is 5.34. The molecule has 0 amide bonds. The van der Waals surface area contributed by atoms with Gasteiger partial charge in [-0.25, -0.2) is 14.4 Å². The first kappa shape index (κ1) is 15.4. The van der Waals surface area contributed by atoms with Gasteiger partial charge < -0.3 is 9.88 Å². The van der Waals surface area contributed by atoms with Crippen molar-refractivity contribution in [1.82, 2.24) is 30.0 Å². The van der Waals surface area contributed by atoms with Gasteiger partial charge in [0.15, 0.2) is 11.0 Å². The van der Waals surface area contributed by atoms with Crippen LogP contribution in [-0.4, -0.2) is 37.8 Å². The highest BCUT2D eigenvalue weighted by atomic mass is 32.2. The van der Waals surface area contributed by atoms with Crippen LogP contribution < -0.4 is 5.32 Å². The first-order valence-electron chi connectivity index (χ1n) is 7.48. The first-order chi connectivity index (χ1) is 10.7. The quantitative estimate of drug-likeness (QED) is 0.868. The second kappa shape index (κ2) is 6.70. The summed E-state index contributed by atoms with van der Waals surface area (Å²) in [7, 11) is 1.92.